The third-order valence-corrected chi connectivity index (χ3v) is 4.63. The van der Waals surface area contributed by atoms with Gasteiger partial charge >= 0.3 is 0 Å². The molecule has 2 N–H and O–H groups in total. The summed E-state index contributed by atoms with van der Waals surface area (Å²) >= 11 is 0. The Morgan fingerprint density at radius 3 is 3.05 bits per heavy atom. The lowest BCUT2D eigenvalue weighted by molar-refractivity contribution is -0.0367. The average Bonchev–Trinajstić information content (AvgIpc) is 2.42. The fourth-order valence-electron chi connectivity index (χ4n) is 3.36. The van der Waals surface area contributed by atoms with Crippen LogP contribution in [0.2, 0.25) is 0 Å². The Labute approximate surface area is 113 Å². The van der Waals surface area contributed by atoms with E-state index in [9.17, 15) is 4.39 Å². The molecule has 0 amide bonds. The van der Waals surface area contributed by atoms with Gasteiger partial charge in [0.1, 0.15) is 17.2 Å². The second kappa shape index (κ2) is 4.76. The molecule has 2 aliphatic rings. The van der Waals surface area contributed by atoms with E-state index >= 15 is 0 Å². The van der Waals surface area contributed by atoms with Crippen LogP contribution in [0.5, 0.6) is 5.75 Å². The zero-order valence-corrected chi connectivity index (χ0v) is 11.5. The first kappa shape index (κ1) is 12.9. The van der Waals surface area contributed by atoms with E-state index in [0.29, 0.717) is 5.92 Å². The third-order valence-electron chi connectivity index (χ3n) is 4.63. The molecule has 3 unspecified atom stereocenters. The summed E-state index contributed by atoms with van der Waals surface area (Å²) in [6.45, 7) is 4.19. The normalized spacial score (nSPS) is 33.8. The number of nitrogens with one attached hydrogen (secondary N) is 2. The molecule has 4 heteroatoms. The molecule has 104 valence electrons. The van der Waals surface area contributed by atoms with Crippen LogP contribution in [-0.4, -0.2) is 25.7 Å². The van der Waals surface area contributed by atoms with E-state index in [-0.39, 0.29) is 17.5 Å². The number of hydrogen-bond donors (Lipinski definition) is 2. The predicted molar refractivity (Wildman–Crippen MR) is 72.8 cm³/mol. The second-order valence-electron chi connectivity index (χ2n) is 5.75. The number of piperidine rings is 1. The van der Waals surface area contributed by atoms with Crippen molar-refractivity contribution in [3.8, 4) is 5.75 Å². The molecule has 3 nitrogen and oxygen atoms in total. The molecule has 1 aromatic rings. The van der Waals surface area contributed by atoms with E-state index in [0.717, 1.165) is 37.2 Å². The van der Waals surface area contributed by atoms with E-state index in [2.05, 4.69) is 17.6 Å². The average molecular weight is 264 g/mol. The van der Waals surface area contributed by atoms with Gasteiger partial charge in [-0.15, -0.1) is 0 Å². The second-order valence-corrected chi connectivity index (χ2v) is 5.75. The number of rotatable bonds is 1. The summed E-state index contributed by atoms with van der Waals surface area (Å²) in [5, 5.41) is 6.72. The minimum atomic E-state index is -0.197. The smallest absolute Gasteiger partial charge is 0.125 e. The van der Waals surface area contributed by atoms with Crippen LogP contribution >= 0.6 is 0 Å². The molecule has 1 aromatic carbocycles. The van der Waals surface area contributed by atoms with Gasteiger partial charge in [-0.05, 0) is 38.2 Å². The first-order valence-corrected chi connectivity index (χ1v) is 7.01. The minimum Gasteiger partial charge on any atom is -0.486 e. The molecule has 19 heavy (non-hydrogen) atoms. The van der Waals surface area contributed by atoms with Crippen molar-refractivity contribution in [1.82, 2.24) is 10.6 Å². The van der Waals surface area contributed by atoms with Crippen LogP contribution in [0, 0.1) is 11.7 Å². The highest BCUT2D eigenvalue weighted by atomic mass is 19.1. The topological polar surface area (TPSA) is 33.3 Å². The van der Waals surface area contributed by atoms with Crippen LogP contribution in [0.1, 0.15) is 31.4 Å². The zero-order valence-electron chi connectivity index (χ0n) is 11.5. The fourth-order valence-corrected chi connectivity index (χ4v) is 3.36. The molecule has 1 spiro atoms. The van der Waals surface area contributed by atoms with Crippen molar-refractivity contribution in [3.05, 3.63) is 29.6 Å². The number of ether oxygens (including phenoxy) is 1. The van der Waals surface area contributed by atoms with Gasteiger partial charge in [-0.1, -0.05) is 6.92 Å². The Balaban J connectivity index is 1.99. The van der Waals surface area contributed by atoms with E-state index in [1.54, 1.807) is 12.1 Å². The van der Waals surface area contributed by atoms with Crippen LogP contribution in [0.3, 0.4) is 0 Å². The molecule has 0 saturated carbocycles. The number of hydrogen-bond acceptors (Lipinski definition) is 3. The summed E-state index contributed by atoms with van der Waals surface area (Å²) in [4.78, 5) is 0. The molecular formula is C15H21FN2O. The lowest BCUT2D eigenvalue weighted by Crippen LogP contribution is -2.56. The van der Waals surface area contributed by atoms with Crippen LogP contribution in [0.25, 0.3) is 0 Å². The van der Waals surface area contributed by atoms with Gasteiger partial charge in [0.15, 0.2) is 0 Å². The minimum absolute atomic E-state index is 0.121. The van der Waals surface area contributed by atoms with Crippen molar-refractivity contribution in [2.24, 2.45) is 5.92 Å². The van der Waals surface area contributed by atoms with Gasteiger partial charge in [0.05, 0.1) is 0 Å². The van der Waals surface area contributed by atoms with Crippen LogP contribution in [-0.2, 0) is 0 Å². The van der Waals surface area contributed by atoms with Crippen molar-refractivity contribution in [3.63, 3.8) is 0 Å². The summed E-state index contributed by atoms with van der Waals surface area (Å²) in [7, 11) is 1.93. The van der Waals surface area contributed by atoms with E-state index in [4.69, 9.17) is 4.74 Å². The molecule has 1 fully saturated rings. The summed E-state index contributed by atoms with van der Waals surface area (Å²) in [6.07, 6.45) is 1.91. The Morgan fingerprint density at radius 2 is 2.32 bits per heavy atom. The van der Waals surface area contributed by atoms with Crippen LogP contribution in [0.4, 0.5) is 4.39 Å². The quantitative estimate of drug-likeness (QED) is 0.816. The van der Waals surface area contributed by atoms with Crippen molar-refractivity contribution in [2.45, 2.75) is 31.4 Å². The Morgan fingerprint density at radius 1 is 1.47 bits per heavy atom. The van der Waals surface area contributed by atoms with Gasteiger partial charge < -0.3 is 15.4 Å². The van der Waals surface area contributed by atoms with E-state index in [1.165, 1.54) is 6.07 Å². The molecule has 3 rings (SSSR count). The van der Waals surface area contributed by atoms with Gasteiger partial charge in [-0.25, -0.2) is 4.39 Å². The molecular weight excluding hydrogens is 243 g/mol. The first-order chi connectivity index (χ1) is 9.14. The first-order valence-electron chi connectivity index (χ1n) is 7.01. The highest BCUT2D eigenvalue weighted by Gasteiger charge is 2.45. The molecule has 2 heterocycles. The highest BCUT2D eigenvalue weighted by molar-refractivity contribution is 5.39. The fraction of sp³-hybridized carbons (Fsp3) is 0.600. The van der Waals surface area contributed by atoms with Gasteiger partial charge in [-0.2, -0.15) is 0 Å². The van der Waals surface area contributed by atoms with Crippen molar-refractivity contribution < 1.29 is 9.13 Å². The SMILES string of the molecule is CNC1CC2(CCNCC2C)Oc2ccc(F)cc21. The summed E-state index contributed by atoms with van der Waals surface area (Å²) in [6, 6.07) is 5.01. The van der Waals surface area contributed by atoms with Gasteiger partial charge in [0.25, 0.3) is 0 Å². The van der Waals surface area contributed by atoms with E-state index in [1.807, 2.05) is 7.05 Å². The molecule has 2 aliphatic heterocycles. The Hall–Kier alpha value is -1.13. The van der Waals surface area contributed by atoms with Gasteiger partial charge in [0.2, 0.25) is 0 Å². The molecule has 0 bridgehead atoms. The summed E-state index contributed by atoms with van der Waals surface area (Å²) in [5.74, 6) is 1.09. The molecule has 3 atom stereocenters. The summed E-state index contributed by atoms with van der Waals surface area (Å²) in [5.41, 5.74) is 0.822. The lowest BCUT2D eigenvalue weighted by Gasteiger charge is -2.48. The van der Waals surface area contributed by atoms with Gasteiger partial charge in [-0.3, -0.25) is 0 Å². The zero-order chi connectivity index (χ0) is 13.5. The molecule has 0 aromatic heterocycles. The standard InChI is InChI=1S/C15H21FN2O/c1-10-9-18-6-5-15(10)8-13(17-2)12-7-11(16)3-4-14(12)19-15/h3-4,7,10,13,17-18H,5-6,8-9H2,1-2H3. The maximum atomic E-state index is 13.4. The monoisotopic (exact) mass is 264 g/mol. The van der Waals surface area contributed by atoms with Crippen molar-refractivity contribution in [2.75, 3.05) is 20.1 Å². The van der Waals surface area contributed by atoms with E-state index < -0.39 is 0 Å². The van der Waals surface area contributed by atoms with Gasteiger partial charge in [0, 0.05) is 30.5 Å². The molecule has 1 saturated heterocycles. The summed E-state index contributed by atoms with van der Waals surface area (Å²) < 4.78 is 19.7. The van der Waals surface area contributed by atoms with Crippen molar-refractivity contribution >= 4 is 0 Å². The van der Waals surface area contributed by atoms with Crippen LogP contribution < -0.4 is 15.4 Å². The highest BCUT2D eigenvalue weighted by Crippen LogP contribution is 2.45. The molecule has 0 radical (unpaired) electrons. The maximum absolute atomic E-state index is 13.4. The maximum Gasteiger partial charge on any atom is 0.125 e. The Bertz CT molecular complexity index is 479. The van der Waals surface area contributed by atoms with Crippen molar-refractivity contribution in [1.29, 1.82) is 0 Å². The van der Waals surface area contributed by atoms with Crippen LogP contribution in [0.15, 0.2) is 18.2 Å². The number of benzene rings is 1. The lowest BCUT2D eigenvalue weighted by atomic mass is 9.75. The third kappa shape index (κ3) is 2.13. The number of halogens is 1. The Kier molecular flexibility index (Phi) is 3.23. The largest absolute Gasteiger partial charge is 0.486 e. The number of fused-ring (bicyclic) bond motifs is 1. The molecule has 0 aliphatic carbocycles. The predicted octanol–water partition coefficient (Wildman–Crippen LogP) is 2.24.